The first-order valence-corrected chi connectivity index (χ1v) is 7.59. The van der Waals surface area contributed by atoms with E-state index in [0.29, 0.717) is 5.92 Å². The molecule has 2 atom stereocenters. The molecule has 0 aliphatic heterocycles. The molecule has 2 aromatic rings. The van der Waals surface area contributed by atoms with E-state index in [4.69, 9.17) is 11.6 Å². The highest BCUT2D eigenvalue weighted by molar-refractivity contribution is 7.10. The Bertz CT molecular complexity index is 622. The van der Waals surface area contributed by atoms with Crippen molar-refractivity contribution in [3.05, 3.63) is 50.4 Å². The number of thiophene rings is 1. The third kappa shape index (κ3) is 2.21. The maximum absolute atomic E-state index is 11.4. The molecule has 0 radical (unpaired) electrons. The summed E-state index contributed by atoms with van der Waals surface area (Å²) < 4.78 is 0. The molecule has 0 aromatic carbocycles. The summed E-state index contributed by atoms with van der Waals surface area (Å²) >= 11 is 7.90. The van der Waals surface area contributed by atoms with E-state index in [1.54, 1.807) is 11.3 Å². The predicted octanol–water partition coefficient (Wildman–Crippen LogP) is 4.12. The fraction of sp³-hybridized carbons (Fsp3) is 0.333. The van der Waals surface area contributed by atoms with Crippen molar-refractivity contribution in [2.75, 3.05) is 0 Å². The molecule has 2 heterocycles. The van der Waals surface area contributed by atoms with E-state index >= 15 is 0 Å². The van der Waals surface area contributed by atoms with Crippen molar-refractivity contribution < 1.29 is 4.79 Å². The molecule has 0 spiro atoms. The van der Waals surface area contributed by atoms with Crippen molar-refractivity contribution in [3.63, 3.8) is 0 Å². The molecule has 2 nitrogen and oxygen atoms in total. The van der Waals surface area contributed by atoms with E-state index < -0.39 is 0 Å². The molecule has 1 aliphatic carbocycles. The van der Waals surface area contributed by atoms with Gasteiger partial charge in [0.25, 0.3) is 0 Å². The summed E-state index contributed by atoms with van der Waals surface area (Å²) in [5, 5.41) is 2.82. The zero-order valence-corrected chi connectivity index (χ0v) is 12.2. The fourth-order valence-electron chi connectivity index (χ4n) is 2.96. The first-order valence-electron chi connectivity index (χ1n) is 6.33. The highest BCUT2D eigenvalue weighted by atomic mass is 35.5. The SMILES string of the molecule is Cc1ccnc2c1C(C=O)CC(c1sccc1Cl)C2. The Hall–Kier alpha value is -1.19. The van der Waals surface area contributed by atoms with Gasteiger partial charge in [-0.2, -0.15) is 0 Å². The van der Waals surface area contributed by atoms with Crippen LogP contribution in [0.3, 0.4) is 0 Å². The van der Waals surface area contributed by atoms with Gasteiger partial charge in [-0.15, -0.1) is 11.3 Å². The van der Waals surface area contributed by atoms with Gasteiger partial charge < -0.3 is 4.79 Å². The van der Waals surface area contributed by atoms with Crippen molar-refractivity contribution in [1.82, 2.24) is 4.98 Å². The summed E-state index contributed by atoms with van der Waals surface area (Å²) in [7, 11) is 0. The lowest BCUT2D eigenvalue weighted by molar-refractivity contribution is -0.109. The lowest BCUT2D eigenvalue weighted by atomic mass is 9.77. The molecule has 2 unspecified atom stereocenters. The monoisotopic (exact) mass is 291 g/mol. The molecule has 0 amide bonds. The number of nitrogens with zero attached hydrogens (tertiary/aromatic N) is 1. The quantitative estimate of drug-likeness (QED) is 0.779. The number of carbonyl (C=O) groups is 1. The van der Waals surface area contributed by atoms with E-state index in [1.807, 2.05) is 23.7 Å². The second-order valence-electron chi connectivity index (χ2n) is 5.00. The first kappa shape index (κ1) is 12.8. The van der Waals surface area contributed by atoms with Crippen LogP contribution in [-0.4, -0.2) is 11.3 Å². The molecular weight excluding hydrogens is 278 g/mol. The Morgan fingerprint density at radius 2 is 2.32 bits per heavy atom. The maximum atomic E-state index is 11.4. The second-order valence-corrected chi connectivity index (χ2v) is 6.36. The van der Waals surface area contributed by atoms with Crippen molar-refractivity contribution >= 4 is 29.2 Å². The minimum absolute atomic E-state index is 0.0550. The number of carbonyl (C=O) groups excluding carboxylic acids is 1. The molecule has 4 heteroatoms. The lowest BCUT2D eigenvalue weighted by Crippen LogP contribution is -2.20. The summed E-state index contributed by atoms with van der Waals surface area (Å²) in [5.41, 5.74) is 3.34. The number of hydrogen-bond donors (Lipinski definition) is 0. The maximum Gasteiger partial charge on any atom is 0.127 e. The number of rotatable bonds is 2. The molecule has 0 N–H and O–H groups in total. The Kier molecular flexibility index (Phi) is 3.42. The van der Waals surface area contributed by atoms with Gasteiger partial charge in [0.15, 0.2) is 0 Å². The van der Waals surface area contributed by atoms with Crippen LogP contribution in [0.4, 0.5) is 0 Å². The highest BCUT2D eigenvalue weighted by Gasteiger charge is 2.31. The average molecular weight is 292 g/mol. The van der Waals surface area contributed by atoms with Crippen molar-refractivity contribution in [2.45, 2.75) is 31.6 Å². The first-order chi connectivity index (χ1) is 9.20. The van der Waals surface area contributed by atoms with Gasteiger partial charge in [0.2, 0.25) is 0 Å². The van der Waals surface area contributed by atoms with Crippen LogP contribution in [0.2, 0.25) is 5.02 Å². The Morgan fingerprint density at radius 3 is 3.00 bits per heavy atom. The van der Waals surface area contributed by atoms with E-state index in [-0.39, 0.29) is 5.92 Å². The molecular formula is C15H14ClNOS. The zero-order valence-electron chi connectivity index (χ0n) is 10.6. The van der Waals surface area contributed by atoms with Crippen LogP contribution in [0, 0.1) is 6.92 Å². The lowest BCUT2D eigenvalue weighted by Gasteiger charge is -2.28. The Morgan fingerprint density at radius 1 is 1.47 bits per heavy atom. The number of pyridine rings is 1. The van der Waals surface area contributed by atoms with Crippen molar-refractivity contribution in [2.24, 2.45) is 0 Å². The highest BCUT2D eigenvalue weighted by Crippen LogP contribution is 2.43. The molecule has 0 fully saturated rings. The number of fused-ring (bicyclic) bond motifs is 1. The third-order valence-corrected chi connectivity index (χ3v) is 5.34. The van der Waals surface area contributed by atoms with Gasteiger partial charge in [-0.1, -0.05) is 11.6 Å². The van der Waals surface area contributed by atoms with E-state index in [1.165, 1.54) is 4.88 Å². The number of aromatic nitrogens is 1. The van der Waals surface area contributed by atoms with Gasteiger partial charge in [0.1, 0.15) is 6.29 Å². The average Bonchev–Trinajstić information content (AvgIpc) is 2.84. The van der Waals surface area contributed by atoms with Crippen LogP contribution < -0.4 is 0 Å². The summed E-state index contributed by atoms with van der Waals surface area (Å²) in [6.45, 7) is 2.05. The summed E-state index contributed by atoms with van der Waals surface area (Å²) in [5.74, 6) is 0.255. The largest absolute Gasteiger partial charge is 0.303 e. The molecule has 2 aromatic heterocycles. The fourth-order valence-corrected chi connectivity index (χ4v) is 4.29. The molecule has 98 valence electrons. The minimum atomic E-state index is -0.0550. The summed E-state index contributed by atoms with van der Waals surface area (Å²) in [4.78, 5) is 17.1. The predicted molar refractivity (Wildman–Crippen MR) is 78.2 cm³/mol. The van der Waals surface area contributed by atoms with Gasteiger partial charge in [-0.3, -0.25) is 4.98 Å². The summed E-state index contributed by atoms with van der Waals surface area (Å²) in [6.07, 6.45) is 4.60. The third-order valence-electron chi connectivity index (χ3n) is 3.82. The number of aldehydes is 1. The van der Waals surface area contributed by atoms with Crippen LogP contribution in [-0.2, 0) is 11.2 Å². The van der Waals surface area contributed by atoms with E-state index in [0.717, 1.165) is 41.0 Å². The summed E-state index contributed by atoms with van der Waals surface area (Å²) in [6, 6.07) is 3.91. The van der Waals surface area contributed by atoms with E-state index in [9.17, 15) is 4.79 Å². The van der Waals surface area contributed by atoms with Gasteiger partial charge in [-0.25, -0.2) is 0 Å². The standard InChI is InChI=1S/C15H14ClNOS/c1-9-2-4-17-13-7-10(6-11(8-18)14(9)13)15-12(16)3-5-19-15/h2-5,8,10-11H,6-7H2,1H3. The van der Waals surface area contributed by atoms with Gasteiger partial charge >= 0.3 is 0 Å². The molecule has 0 saturated carbocycles. The number of halogens is 1. The topological polar surface area (TPSA) is 30.0 Å². The smallest absolute Gasteiger partial charge is 0.127 e. The second kappa shape index (κ2) is 5.06. The van der Waals surface area contributed by atoms with Crippen molar-refractivity contribution in [1.29, 1.82) is 0 Å². The molecule has 1 aliphatic rings. The van der Waals surface area contributed by atoms with E-state index in [2.05, 4.69) is 11.9 Å². The molecule has 0 saturated heterocycles. The Labute approximate surface area is 121 Å². The Balaban J connectivity index is 2.03. The van der Waals surface area contributed by atoms with Gasteiger partial charge in [0, 0.05) is 28.6 Å². The molecule has 3 rings (SSSR count). The normalized spacial score (nSPS) is 22.0. The minimum Gasteiger partial charge on any atom is -0.303 e. The van der Waals surface area contributed by atoms with Gasteiger partial charge in [0.05, 0.1) is 5.02 Å². The molecule has 0 bridgehead atoms. The van der Waals surface area contributed by atoms with Crippen LogP contribution in [0.1, 0.15) is 40.0 Å². The molecule has 19 heavy (non-hydrogen) atoms. The zero-order chi connectivity index (χ0) is 13.4. The van der Waals surface area contributed by atoms with Crippen LogP contribution in [0.25, 0.3) is 0 Å². The number of hydrogen-bond acceptors (Lipinski definition) is 3. The van der Waals surface area contributed by atoms with Gasteiger partial charge in [-0.05, 0) is 48.4 Å². The van der Waals surface area contributed by atoms with Crippen molar-refractivity contribution in [3.8, 4) is 0 Å². The number of aryl methyl sites for hydroxylation is 1. The van der Waals surface area contributed by atoms with Crippen LogP contribution in [0.5, 0.6) is 0 Å². The van der Waals surface area contributed by atoms with Crippen LogP contribution in [0.15, 0.2) is 23.7 Å². The van der Waals surface area contributed by atoms with Crippen LogP contribution >= 0.6 is 22.9 Å².